The Hall–Kier alpha value is -2.29. The van der Waals surface area contributed by atoms with Crippen LogP contribution in [0.4, 0.5) is 0 Å². The minimum absolute atomic E-state index is 0.346. The van der Waals surface area contributed by atoms with E-state index in [9.17, 15) is 4.79 Å². The fourth-order valence-electron chi connectivity index (χ4n) is 2.70. The van der Waals surface area contributed by atoms with Crippen molar-refractivity contribution in [2.75, 3.05) is 6.61 Å². The number of carbonyl (C=O) groups is 1. The van der Waals surface area contributed by atoms with Gasteiger partial charge in [-0.1, -0.05) is 51.7 Å². The van der Waals surface area contributed by atoms with E-state index in [2.05, 4.69) is 13.8 Å². The fraction of sp³-hybridized carbons (Fsp3) is 0.435. The first-order valence-corrected chi connectivity index (χ1v) is 9.77. The van der Waals surface area contributed by atoms with Gasteiger partial charge < -0.3 is 9.47 Å². The van der Waals surface area contributed by atoms with Gasteiger partial charge in [-0.25, -0.2) is 4.79 Å². The van der Waals surface area contributed by atoms with E-state index in [1.807, 2.05) is 36.4 Å². The number of esters is 1. The molecule has 0 heterocycles. The van der Waals surface area contributed by atoms with Crippen LogP contribution in [0.25, 0.3) is 0 Å². The molecule has 0 aliphatic carbocycles. The van der Waals surface area contributed by atoms with Crippen LogP contribution in [0.1, 0.15) is 68.3 Å². The Labute approximate surface area is 157 Å². The molecular formula is C23H30O3. The van der Waals surface area contributed by atoms with Crippen molar-refractivity contribution in [2.45, 2.75) is 58.8 Å². The number of benzene rings is 2. The highest BCUT2D eigenvalue weighted by Gasteiger charge is 2.09. The second-order valence-electron chi connectivity index (χ2n) is 6.57. The summed E-state index contributed by atoms with van der Waals surface area (Å²) in [6, 6.07) is 14.9. The lowest BCUT2D eigenvalue weighted by atomic mass is 10.1. The molecule has 0 aromatic heterocycles. The maximum absolute atomic E-state index is 12.3. The number of carbonyl (C=O) groups excluding carboxylic acids is 1. The summed E-state index contributed by atoms with van der Waals surface area (Å²) in [5, 5.41) is 0. The van der Waals surface area contributed by atoms with Gasteiger partial charge in [0.2, 0.25) is 0 Å². The minimum Gasteiger partial charge on any atom is -0.494 e. The van der Waals surface area contributed by atoms with E-state index >= 15 is 0 Å². The summed E-state index contributed by atoms with van der Waals surface area (Å²) < 4.78 is 11.1. The van der Waals surface area contributed by atoms with E-state index in [4.69, 9.17) is 9.47 Å². The molecule has 0 aliphatic heterocycles. The first kappa shape index (κ1) is 20.0. The lowest BCUT2D eigenvalue weighted by Gasteiger charge is -2.08. The Morgan fingerprint density at radius 3 is 2.04 bits per heavy atom. The maximum atomic E-state index is 12.3. The molecule has 0 spiro atoms. The number of ether oxygens (including phenoxy) is 2. The number of hydrogen-bond acceptors (Lipinski definition) is 3. The third-order valence-electron chi connectivity index (χ3n) is 4.31. The molecule has 2 aromatic carbocycles. The van der Waals surface area contributed by atoms with E-state index in [0.717, 1.165) is 18.6 Å². The lowest BCUT2D eigenvalue weighted by Crippen LogP contribution is -2.08. The van der Waals surface area contributed by atoms with E-state index in [1.165, 1.54) is 37.7 Å². The molecular weight excluding hydrogens is 324 g/mol. The van der Waals surface area contributed by atoms with Gasteiger partial charge in [0.1, 0.15) is 11.5 Å². The molecule has 0 fully saturated rings. The van der Waals surface area contributed by atoms with Crippen molar-refractivity contribution in [2.24, 2.45) is 0 Å². The fourth-order valence-corrected chi connectivity index (χ4v) is 2.70. The van der Waals surface area contributed by atoms with Crippen LogP contribution in [-0.4, -0.2) is 12.6 Å². The van der Waals surface area contributed by atoms with Crippen LogP contribution in [0.5, 0.6) is 11.5 Å². The molecule has 0 aliphatic rings. The molecule has 0 amide bonds. The van der Waals surface area contributed by atoms with Gasteiger partial charge in [0.05, 0.1) is 12.2 Å². The summed E-state index contributed by atoms with van der Waals surface area (Å²) in [4.78, 5) is 12.3. The molecule has 26 heavy (non-hydrogen) atoms. The first-order chi connectivity index (χ1) is 12.7. The summed E-state index contributed by atoms with van der Waals surface area (Å²) in [5.74, 6) is 1.02. The Balaban J connectivity index is 1.83. The summed E-state index contributed by atoms with van der Waals surface area (Å²) in [7, 11) is 0. The molecule has 3 nitrogen and oxygen atoms in total. The standard InChI is InChI=1S/C23H30O3/c1-3-5-7-9-19-10-14-22(15-11-19)26-23(24)20-12-16-21(17-13-20)25-18-8-6-4-2/h10-17H,3-9,18H2,1-2H3. The second kappa shape index (κ2) is 11.3. The second-order valence-corrected chi connectivity index (χ2v) is 6.57. The highest BCUT2D eigenvalue weighted by molar-refractivity contribution is 5.91. The first-order valence-electron chi connectivity index (χ1n) is 9.77. The lowest BCUT2D eigenvalue weighted by molar-refractivity contribution is 0.0734. The van der Waals surface area contributed by atoms with Gasteiger partial charge in [0.15, 0.2) is 0 Å². The number of unbranched alkanes of at least 4 members (excludes halogenated alkanes) is 4. The zero-order valence-corrected chi connectivity index (χ0v) is 16.0. The van der Waals surface area contributed by atoms with Gasteiger partial charge in [0.25, 0.3) is 0 Å². The van der Waals surface area contributed by atoms with Crippen LogP contribution in [0.2, 0.25) is 0 Å². The normalized spacial score (nSPS) is 10.5. The van der Waals surface area contributed by atoms with E-state index in [0.29, 0.717) is 17.9 Å². The van der Waals surface area contributed by atoms with Gasteiger partial charge in [0, 0.05) is 0 Å². The molecule has 0 bridgehead atoms. The quantitative estimate of drug-likeness (QED) is 0.273. The Kier molecular flexibility index (Phi) is 8.74. The van der Waals surface area contributed by atoms with Crippen molar-refractivity contribution >= 4 is 5.97 Å². The van der Waals surface area contributed by atoms with Gasteiger partial charge in [-0.3, -0.25) is 0 Å². The zero-order chi connectivity index (χ0) is 18.6. The van der Waals surface area contributed by atoms with Crippen LogP contribution in [0.3, 0.4) is 0 Å². The molecule has 0 N–H and O–H groups in total. The van der Waals surface area contributed by atoms with Crippen LogP contribution in [0, 0.1) is 0 Å². The Bertz CT molecular complexity index is 644. The predicted octanol–water partition coefficient (Wildman–Crippen LogP) is 6.21. The SMILES string of the molecule is CCCCCOc1ccc(C(=O)Oc2ccc(CCCCC)cc2)cc1. The monoisotopic (exact) mass is 354 g/mol. The summed E-state index contributed by atoms with van der Waals surface area (Å²) in [6.07, 6.45) is 8.13. The Morgan fingerprint density at radius 2 is 1.38 bits per heavy atom. The van der Waals surface area contributed by atoms with Gasteiger partial charge in [-0.05, 0) is 61.2 Å². The summed E-state index contributed by atoms with van der Waals surface area (Å²) in [5.41, 5.74) is 1.81. The van der Waals surface area contributed by atoms with Crippen LogP contribution >= 0.6 is 0 Å². The van der Waals surface area contributed by atoms with Crippen LogP contribution < -0.4 is 9.47 Å². The molecule has 0 saturated carbocycles. The topological polar surface area (TPSA) is 35.5 Å². The maximum Gasteiger partial charge on any atom is 0.343 e. The summed E-state index contributed by atoms with van der Waals surface area (Å²) >= 11 is 0. The average molecular weight is 354 g/mol. The van der Waals surface area contributed by atoms with Crippen LogP contribution in [0.15, 0.2) is 48.5 Å². The summed E-state index contributed by atoms with van der Waals surface area (Å²) in [6.45, 7) is 5.08. The van der Waals surface area contributed by atoms with Crippen molar-refractivity contribution < 1.29 is 14.3 Å². The third kappa shape index (κ3) is 6.91. The van der Waals surface area contributed by atoms with E-state index < -0.39 is 0 Å². The molecule has 0 unspecified atom stereocenters. The average Bonchev–Trinajstić information content (AvgIpc) is 2.67. The van der Waals surface area contributed by atoms with Crippen molar-refractivity contribution in [3.05, 3.63) is 59.7 Å². The highest BCUT2D eigenvalue weighted by atomic mass is 16.5. The molecule has 2 rings (SSSR count). The van der Waals surface area contributed by atoms with E-state index in [-0.39, 0.29) is 5.97 Å². The third-order valence-corrected chi connectivity index (χ3v) is 4.31. The number of hydrogen-bond donors (Lipinski definition) is 0. The molecule has 2 aromatic rings. The largest absolute Gasteiger partial charge is 0.494 e. The van der Waals surface area contributed by atoms with Crippen molar-refractivity contribution in [1.82, 2.24) is 0 Å². The van der Waals surface area contributed by atoms with Crippen molar-refractivity contribution in [3.8, 4) is 11.5 Å². The van der Waals surface area contributed by atoms with Gasteiger partial charge in [-0.2, -0.15) is 0 Å². The molecule has 3 heteroatoms. The number of rotatable bonds is 11. The molecule has 0 atom stereocenters. The smallest absolute Gasteiger partial charge is 0.343 e. The van der Waals surface area contributed by atoms with Crippen molar-refractivity contribution in [1.29, 1.82) is 0 Å². The van der Waals surface area contributed by atoms with Crippen molar-refractivity contribution in [3.63, 3.8) is 0 Å². The van der Waals surface area contributed by atoms with E-state index in [1.54, 1.807) is 12.1 Å². The minimum atomic E-state index is -0.346. The highest BCUT2D eigenvalue weighted by Crippen LogP contribution is 2.18. The molecule has 140 valence electrons. The predicted molar refractivity (Wildman–Crippen MR) is 106 cm³/mol. The van der Waals surface area contributed by atoms with Gasteiger partial charge in [-0.15, -0.1) is 0 Å². The zero-order valence-electron chi connectivity index (χ0n) is 16.0. The van der Waals surface area contributed by atoms with Crippen LogP contribution in [-0.2, 0) is 6.42 Å². The molecule has 0 radical (unpaired) electrons. The molecule has 0 saturated heterocycles. The number of aryl methyl sites for hydroxylation is 1. The Morgan fingerprint density at radius 1 is 0.769 bits per heavy atom. The van der Waals surface area contributed by atoms with Gasteiger partial charge >= 0.3 is 5.97 Å².